The summed E-state index contributed by atoms with van der Waals surface area (Å²) in [6, 6.07) is 5.25. The number of hydrogen-bond donors (Lipinski definition) is 1. The molecule has 1 aromatic carbocycles. The Balaban J connectivity index is 1.85. The molecule has 1 fully saturated rings. The lowest BCUT2D eigenvalue weighted by Gasteiger charge is -2.16. The third kappa shape index (κ3) is 4.29. The van der Waals surface area contributed by atoms with Crippen molar-refractivity contribution in [2.75, 3.05) is 25.4 Å². The minimum Gasteiger partial charge on any atom is -0.396 e. The number of amides is 1. The SMILES string of the molecule is O=C(CSc1cc(Cl)ccc1Cl)N1CCC(CCO)C1. The van der Waals surface area contributed by atoms with Gasteiger partial charge in [0.05, 0.1) is 10.8 Å². The van der Waals surface area contributed by atoms with Gasteiger partial charge in [0, 0.05) is 29.6 Å². The fraction of sp³-hybridized carbons (Fsp3) is 0.500. The van der Waals surface area contributed by atoms with Crippen molar-refractivity contribution in [2.24, 2.45) is 5.92 Å². The molecule has 1 amide bonds. The van der Waals surface area contributed by atoms with Crippen molar-refractivity contribution in [3.8, 4) is 0 Å². The number of benzene rings is 1. The lowest BCUT2D eigenvalue weighted by molar-refractivity contribution is -0.127. The molecule has 0 saturated carbocycles. The van der Waals surface area contributed by atoms with Crippen LogP contribution in [0.4, 0.5) is 0 Å². The molecule has 1 aromatic rings. The van der Waals surface area contributed by atoms with Gasteiger partial charge in [-0.3, -0.25) is 4.79 Å². The van der Waals surface area contributed by atoms with Crippen molar-refractivity contribution in [2.45, 2.75) is 17.7 Å². The zero-order chi connectivity index (χ0) is 14.5. The Bertz CT molecular complexity index is 484. The van der Waals surface area contributed by atoms with Gasteiger partial charge in [-0.1, -0.05) is 23.2 Å². The molecule has 110 valence electrons. The maximum atomic E-state index is 12.1. The maximum absolute atomic E-state index is 12.1. The Morgan fingerprint density at radius 3 is 3.00 bits per heavy atom. The number of carbonyl (C=O) groups excluding carboxylic acids is 1. The third-order valence-electron chi connectivity index (χ3n) is 3.42. The molecule has 0 radical (unpaired) electrons. The molecule has 6 heteroatoms. The largest absolute Gasteiger partial charge is 0.396 e. The van der Waals surface area contributed by atoms with Gasteiger partial charge in [-0.2, -0.15) is 0 Å². The highest BCUT2D eigenvalue weighted by Crippen LogP contribution is 2.30. The molecule has 1 atom stereocenters. The van der Waals surface area contributed by atoms with E-state index in [0.29, 0.717) is 21.7 Å². The smallest absolute Gasteiger partial charge is 0.232 e. The van der Waals surface area contributed by atoms with E-state index in [0.717, 1.165) is 30.8 Å². The van der Waals surface area contributed by atoms with Crippen LogP contribution in [-0.4, -0.2) is 41.4 Å². The van der Waals surface area contributed by atoms with Crippen molar-refractivity contribution in [1.29, 1.82) is 0 Å². The van der Waals surface area contributed by atoms with Crippen LogP contribution in [0.5, 0.6) is 0 Å². The summed E-state index contributed by atoms with van der Waals surface area (Å²) in [5, 5.41) is 10.2. The summed E-state index contributed by atoms with van der Waals surface area (Å²) in [4.78, 5) is 14.8. The van der Waals surface area contributed by atoms with Crippen molar-refractivity contribution >= 4 is 40.9 Å². The van der Waals surface area contributed by atoms with Gasteiger partial charge in [0.15, 0.2) is 0 Å². The molecule has 0 aliphatic carbocycles. The zero-order valence-electron chi connectivity index (χ0n) is 11.0. The summed E-state index contributed by atoms with van der Waals surface area (Å²) in [5.74, 6) is 0.918. The highest BCUT2D eigenvalue weighted by Gasteiger charge is 2.25. The standard InChI is InChI=1S/C14H17Cl2NO2S/c15-11-1-2-12(16)13(7-11)20-9-14(19)17-5-3-10(8-17)4-6-18/h1-2,7,10,18H,3-6,8-9H2. The van der Waals surface area contributed by atoms with Crippen LogP contribution in [0.1, 0.15) is 12.8 Å². The molecule has 2 rings (SSSR count). The fourth-order valence-electron chi connectivity index (χ4n) is 2.30. The Kier molecular flexibility index (Phi) is 6.02. The summed E-state index contributed by atoms with van der Waals surface area (Å²) in [7, 11) is 0. The lowest BCUT2D eigenvalue weighted by Crippen LogP contribution is -2.30. The lowest BCUT2D eigenvalue weighted by atomic mass is 10.1. The quantitative estimate of drug-likeness (QED) is 0.840. The van der Waals surface area contributed by atoms with Crippen molar-refractivity contribution in [3.63, 3.8) is 0 Å². The predicted molar refractivity (Wildman–Crippen MR) is 83.6 cm³/mol. The monoisotopic (exact) mass is 333 g/mol. The molecular weight excluding hydrogens is 317 g/mol. The minimum atomic E-state index is 0.117. The van der Waals surface area contributed by atoms with Gasteiger partial charge in [-0.25, -0.2) is 0 Å². The van der Waals surface area contributed by atoms with Gasteiger partial charge < -0.3 is 10.0 Å². The van der Waals surface area contributed by atoms with Crippen LogP contribution < -0.4 is 0 Å². The second kappa shape index (κ2) is 7.55. The summed E-state index contributed by atoms with van der Waals surface area (Å²) >= 11 is 13.4. The molecule has 1 aliphatic heterocycles. The van der Waals surface area contributed by atoms with Gasteiger partial charge in [0.25, 0.3) is 0 Å². The van der Waals surface area contributed by atoms with Gasteiger partial charge in [0.1, 0.15) is 0 Å². The van der Waals surface area contributed by atoms with Crippen LogP contribution in [-0.2, 0) is 4.79 Å². The number of carbonyl (C=O) groups is 1. The molecule has 3 nitrogen and oxygen atoms in total. The first-order valence-corrected chi connectivity index (χ1v) is 8.31. The van der Waals surface area contributed by atoms with E-state index in [9.17, 15) is 4.79 Å². The minimum absolute atomic E-state index is 0.117. The van der Waals surface area contributed by atoms with Crippen LogP contribution in [0.3, 0.4) is 0 Å². The van der Waals surface area contributed by atoms with Gasteiger partial charge in [-0.05, 0) is 37.0 Å². The number of aliphatic hydroxyl groups excluding tert-OH is 1. The average Bonchev–Trinajstić information content (AvgIpc) is 2.88. The van der Waals surface area contributed by atoms with E-state index in [1.165, 1.54) is 11.8 Å². The number of thioether (sulfide) groups is 1. The summed E-state index contributed by atoms with van der Waals surface area (Å²) in [5.41, 5.74) is 0. The van der Waals surface area contributed by atoms with Gasteiger partial charge >= 0.3 is 0 Å². The summed E-state index contributed by atoms with van der Waals surface area (Å²) < 4.78 is 0. The molecule has 1 aliphatic rings. The summed E-state index contributed by atoms with van der Waals surface area (Å²) in [6.45, 7) is 1.73. The van der Waals surface area contributed by atoms with Crippen molar-refractivity contribution in [3.05, 3.63) is 28.2 Å². The first kappa shape index (κ1) is 16.0. The van der Waals surface area contributed by atoms with E-state index >= 15 is 0 Å². The van der Waals surface area contributed by atoms with Crippen LogP contribution in [0, 0.1) is 5.92 Å². The predicted octanol–water partition coefficient (Wildman–Crippen LogP) is 3.32. The molecule has 1 saturated heterocycles. The molecule has 0 bridgehead atoms. The number of likely N-dealkylation sites (tertiary alicyclic amines) is 1. The normalized spacial score (nSPS) is 18.6. The van der Waals surface area contributed by atoms with E-state index in [-0.39, 0.29) is 12.5 Å². The Morgan fingerprint density at radius 2 is 2.25 bits per heavy atom. The number of nitrogens with zero attached hydrogens (tertiary/aromatic N) is 1. The molecule has 0 aromatic heterocycles. The van der Waals surface area contributed by atoms with Gasteiger partial charge in [0.2, 0.25) is 5.91 Å². The number of rotatable bonds is 5. The van der Waals surface area contributed by atoms with Crippen molar-refractivity contribution in [1.82, 2.24) is 4.90 Å². The van der Waals surface area contributed by atoms with Crippen LogP contribution in [0.25, 0.3) is 0 Å². The summed E-state index contributed by atoms with van der Waals surface area (Å²) in [6.07, 6.45) is 1.76. The van der Waals surface area contributed by atoms with Crippen molar-refractivity contribution < 1.29 is 9.90 Å². The van der Waals surface area contributed by atoms with E-state index in [1.54, 1.807) is 18.2 Å². The number of halogens is 2. The van der Waals surface area contributed by atoms with E-state index in [4.69, 9.17) is 28.3 Å². The molecular formula is C14H17Cl2NO2S. The Hall–Kier alpha value is -0.420. The van der Waals surface area contributed by atoms with E-state index < -0.39 is 0 Å². The molecule has 1 heterocycles. The highest BCUT2D eigenvalue weighted by atomic mass is 35.5. The first-order valence-electron chi connectivity index (χ1n) is 6.56. The second-order valence-corrected chi connectivity index (χ2v) is 6.73. The Labute approximate surface area is 133 Å². The molecule has 1 unspecified atom stereocenters. The van der Waals surface area contributed by atoms with E-state index in [2.05, 4.69) is 0 Å². The van der Waals surface area contributed by atoms with Gasteiger partial charge in [-0.15, -0.1) is 11.8 Å². The Morgan fingerprint density at radius 1 is 1.45 bits per heavy atom. The second-order valence-electron chi connectivity index (χ2n) is 4.87. The third-order valence-corrected chi connectivity index (χ3v) is 5.14. The number of aliphatic hydroxyl groups is 1. The molecule has 0 spiro atoms. The average molecular weight is 334 g/mol. The van der Waals surface area contributed by atoms with Crippen LogP contribution in [0.15, 0.2) is 23.1 Å². The zero-order valence-corrected chi connectivity index (χ0v) is 13.3. The highest BCUT2D eigenvalue weighted by molar-refractivity contribution is 8.00. The first-order chi connectivity index (χ1) is 9.60. The molecule has 1 N–H and O–H groups in total. The van der Waals surface area contributed by atoms with Crippen LogP contribution in [0.2, 0.25) is 10.0 Å². The molecule has 20 heavy (non-hydrogen) atoms. The number of hydrogen-bond acceptors (Lipinski definition) is 3. The topological polar surface area (TPSA) is 40.5 Å². The fourth-order valence-corrected chi connectivity index (χ4v) is 3.69. The van der Waals surface area contributed by atoms with E-state index in [1.807, 2.05) is 4.90 Å². The maximum Gasteiger partial charge on any atom is 0.232 e. The van der Waals surface area contributed by atoms with Crippen LogP contribution >= 0.6 is 35.0 Å².